The molecule has 6 nitrogen and oxygen atoms in total. The number of aryl methyl sites for hydroxylation is 1. The molecule has 0 fully saturated rings. The smallest absolute Gasteiger partial charge is 0.259 e. The summed E-state index contributed by atoms with van der Waals surface area (Å²) >= 11 is 1.32. The average molecular weight is 395 g/mol. The van der Waals surface area contributed by atoms with E-state index < -0.39 is 0 Å². The molecule has 0 aliphatic rings. The van der Waals surface area contributed by atoms with Crippen molar-refractivity contribution in [3.05, 3.63) is 59.0 Å². The highest BCUT2D eigenvalue weighted by Crippen LogP contribution is 2.26. The van der Waals surface area contributed by atoms with Crippen molar-refractivity contribution in [2.45, 2.75) is 26.8 Å². The molecule has 0 aliphatic heterocycles. The van der Waals surface area contributed by atoms with Crippen molar-refractivity contribution in [2.75, 3.05) is 5.32 Å². The van der Waals surface area contributed by atoms with Gasteiger partial charge in [0.25, 0.3) is 5.91 Å². The Balaban J connectivity index is 1.59. The van der Waals surface area contributed by atoms with Gasteiger partial charge >= 0.3 is 0 Å². The standard InChI is InChI=1S/C20H18FN5OS/c1-11(2)26-18-14(9-22-26)8-16(12(3)23-18)19(27)25-20-24-17(10-28-20)13-4-6-15(21)7-5-13/h4-11H,1-3H3,(H,24,25,27). The number of benzene rings is 1. The van der Waals surface area contributed by atoms with Crippen LogP contribution in [0.25, 0.3) is 22.3 Å². The molecule has 28 heavy (non-hydrogen) atoms. The molecule has 1 aromatic carbocycles. The molecule has 3 aromatic heterocycles. The van der Waals surface area contributed by atoms with Crippen LogP contribution in [-0.2, 0) is 0 Å². The van der Waals surface area contributed by atoms with Crippen molar-refractivity contribution in [2.24, 2.45) is 0 Å². The zero-order chi connectivity index (χ0) is 19.8. The van der Waals surface area contributed by atoms with Gasteiger partial charge in [-0.15, -0.1) is 11.3 Å². The van der Waals surface area contributed by atoms with Gasteiger partial charge in [-0.05, 0) is 51.1 Å². The first-order valence-electron chi connectivity index (χ1n) is 8.80. The van der Waals surface area contributed by atoms with Crippen LogP contribution in [0.2, 0.25) is 0 Å². The van der Waals surface area contributed by atoms with Crippen LogP contribution in [0.15, 0.2) is 41.9 Å². The second-order valence-electron chi connectivity index (χ2n) is 6.72. The van der Waals surface area contributed by atoms with E-state index in [1.54, 1.807) is 31.3 Å². The molecule has 3 heterocycles. The Kier molecular flexibility index (Phi) is 4.64. The van der Waals surface area contributed by atoms with Crippen molar-refractivity contribution < 1.29 is 9.18 Å². The summed E-state index contributed by atoms with van der Waals surface area (Å²) < 4.78 is 14.9. The Hall–Kier alpha value is -3.13. The van der Waals surface area contributed by atoms with Gasteiger partial charge in [-0.25, -0.2) is 19.0 Å². The largest absolute Gasteiger partial charge is 0.298 e. The molecule has 4 rings (SSSR count). The van der Waals surface area contributed by atoms with Crippen LogP contribution < -0.4 is 5.32 Å². The summed E-state index contributed by atoms with van der Waals surface area (Å²) in [4.78, 5) is 21.7. The van der Waals surface area contributed by atoms with Crippen molar-refractivity contribution >= 4 is 33.4 Å². The molecule has 0 atom stereocenters. The number of amides is 1. The lowest BCUT2D eigenvalue weighted by molar-refractivity contribution is 0.102. The van der Waals surface area contributed by atoms with E-state index in [0.29, 0.717) is 22.1 Å². The van der Waals surface area contributed by atoms with Crippen LogP contribution in [0.3, 0.4) is 0 Å². The Labute approximate surface area is 165 Å². The van der Waals surface area contributed by atoms with E-state index in [0.717, 1.165) is 16.6 Å². The van der Waals surface area contributed by atoms with Gasteiger partial charge < -0.3 is 0 Å². The maximum Gasteiger partial charge on any atom is 0.259 e. The number of halogens is 1. The second-order valence-corrected chi connectivity index (χ2v) is 7.57. The normalized spacial score (nSPS) is 11.3. The number of carbonyl (C=O) groups is 1. The van der Waals surface area contributed by atoms with Gasteiger partial charge in [0.05, 0.1) is 23.1 Å². The van der Waals surface area contributed by atoms with Gasteiger partial charge in [0, 0.05) is 22.4 Å². The molecule has 0 saturated heterocycles. The van der Waals surface area contributed by atoms with Gasteiger partial charge in [-0.3, -0.25) is 10.1 Å². The highest BCUT2D eigenvalue weighted by Gasteiger charge is 2.16. The molecule has 142 valence electrons. The van der Waals surface area contributed by atoms with Crippen molar-refractivity contribution in [1.29, 1.82) is 0 Å². The minimum absolute atomic E-state index is 0.185. The fourth-order valence-corrected chi connectivity index (χ4v) is 3.64. The molecular formula is C20H18FN5OS. The number of thiazole rings is 1. The third kappa shape index (κ3) is 3.38. The molecular weight excluding hydrogens is 377 g/mol. The summed E-state index contributed by atoms with van der Waals surface area (Å²) in [5.41, 5.74) is 3.34. The lowest BCUT2D eigenvalue weighted by Gasteiger charge is -2.09. The molecule has 0 radical (unpaired) electrons. The number of hydrogen-bond acceptors (Lipinski definition) is 5. The van der Waals surface area contributed by atoms with Crippen LogP contribution in [0.4, 0.5) is 9.52 Å². The third-order valence-corrected chi connectivity index (χ3v) is 5.12. The summed E-state index contributed by atoms with van der Waals surface area (Å²) in [5.74, 6) is -0.573. The molecule has 8 heteroatoms. The van der Waals surface area contributed by atoms with Crippen molar-refractivity contribution in [3.8, 4) is 11.3 Å². The quantitative estimate of drug-likeness (QED) is 0.537. The van der Waals surface area contributed by atoms with Crippen LogP contribution in [-0.4, -0.2) is 25.7 Å². The van der Waals surface area contributed by atoms with Crippen LogP contribution in [0.1, 0.15) is 35.9 Å². The third-order valence-electron chi connectivity index (χ3n) is 4.36. The van der Waals surface area contributed by atoms with Gasteiger partial charge in [0.2, 0.25) is 0 Å². The summed E-state index contributed by atoms with van der Waals surface area (Å²) in [6.45, 7) is 5.87. The van der Waals surface area contributed by atoms with E-state index in [4.69, 9.17) is 0 Å². The summed E-state index contributed by atoms with van der Waals surface area (Å²) in [6, 6.07) is 8.06. The maximum absolute atomic E-state index is 13.1. The molecule has 0 aliphatic carbocycles. The first kappa shape index (κ1) is 18.2. The van der Waals surface area contributed by atoms with Gasteiger partial charge in [-0.1, -0.05) is 0 Å². The molecule has 0 bridgehead atoms. The van der Waals surface area contributed by atoms with E-state index >= 15 is 0 Å². The topological polar surface area (TPSA) is 72.7 Å². The fraction of sp³-hybridized carbons (Fsp3) is 0.200. The predicted molar refractivity (Wildman–Crippen MR) is 108 cm³/mol. The first-order valence-corrected chi connectivity index (χ1v) is 9.68. The molecule has 0 spiro atoms. The van der Waals surface area contributed by atoms with E-state index in [2.05, 4.69) is 20.4 Å². The lowest BCUT2D eigenvalue weighted by atomic mass is 10.1. The lowest BCUT2D eigenvalue weighted by Crippen LogP contribution is -2.14. The van der Waals surface area contributed by atoms with Crippen LogP contribution in [0.5, 0.6) is 0 Å². The summed E-state index contributed by atoms with van der Waals surface area (Å²) in [5, 5.41) is 10.3. The highest BCUT2D eigenvalue weighted by molar-refractivity contribution is 7.14. The minimum atomic E-state index is -0.299. The minimum Gasteiger partial charge on any atom is -0.298 e. The molecule has 0 saturated carbocycles. The van der Waals surface area contributed by atoms with Crippen LogP contribution >= 0.6 is 11.3 Å². The number of pyridine rings is 1. The molecule has 4 aromatic rings. The maximum atomic E-state index is 13.1. The number of nitrogens with zero attached hydrogens (tertiary/aromatic N) is 4. The van der Waals surface area contributed by atoms with Crippen LogP contribution in [0, 0.1) is 12.7 Å². The molecule has 0 unspecified atom stereocenters. The van der Waals surface area contributed by atoms with Crippen molar-refractivity contribution in [1.82, 2.24) is 19.7 Å². The van der Waals surface area contributed by atoms with Gasteiger partial charge in [-0.2, -0.15) is 5.10 Å². The Morgan fingerprint density at radius 2 is 1.96 bits per heavy atom. The number of anilines is 1. The fourth-order valence-electron chi connectivity index (χ4n) is 2.92. The number of nitrogens with one attached hydrogen (secondary N) is 1. The average Bonchev–Trinajstić information content (AvgIpc) is 3.28. The number of aromatic nitrogens is 4. The van der Waals surface area contributed by atoms with E-state index in [1.165, 1.54) is 23.5 Å². The summed E-state index contributed by atoms with van der Waals surface area (Å²) in [6.07, 6.45) is 1.72. The predicted octanol–water partition coefficient (Wildman–Crippen LogP) is 4.84. The number of rotatable bonds is 4. The zero-order valence-corrected chi connectivity index (χ0v) is 16.4. The first-order chi connectivity index (χ1) is 13.4. The van der Waals surface area contributed by atoms with E-state index in [9.17, 15) is 9.18 Å². The molecule has 1 N–H and O–H groups in total. The number of carbonyl (C=O) groups excluding carboxylic acids is 1. The monoisotopic (exact) mass is 395 g/mol. The Morgan fingerprint density at radius 3 is 2.68 bits per heavy atom. The van der Waals surface area contributed by atoms with Gasteiger partial charge in [0.1, 0.15) is 5.82 Å². The number of hydrogen-bond donors (Lipinski definition) is 1. The molecule has 1 amide bonds. The summed E-state index contributed by atoms with van der Waals surface area (Å²) in [7, 11) is 0. The van der Waals surface area contributed by atoms with E-state index in [1.807, 2.05) is 23.9 Å². The van der Waals surface area contributed by atoms with Gasteiger partial charge in [0.15, 0.2) is 10.8 Å². The Morgan fingerprint density at radius 1 is 1.21 bits per heavy atom. The van der Waals surface area contributed by atoms with Crippen molar-refractivity contribution in [3.63, 3.8) is 0 Å². The second kappa shape index (κ2) is 7.12. The highest BCUT2D eigenvalue weighted by atomic mass is 32.1. The van der Waals surface area contributed by atoms with E-state index in [-0.39, 0.29) is 17.8 Å². The Bertz CT molecular complexity index is 1160. The SMILES string of the molecule is Cc1nc2c(cnn2C(C)C)cc1C(=O)Nc1nc(-c2ccc(F)cc2)cs1. The zero-order valence-electron chi connectivity index (χ0n) is 15.6. The number of fused-ring (bicyclic) bond motifs is 1.